The summed E-state index contributed by atoms with van der Waals surface area (Å²) in [6.07, 6.45) is 2.83. The van der Waals surface area contributed by atoms with E-state index < -0.39 is 11.6 Å². The summed E-state index contributed by atoms with van der Waals surface area (Å²) in [5, 5.41) is 9.67. The lowest BCUT2D eigenvalue weighted by Crippen LogP contribution is -2.10. The fourth-order valence-electron chi connectivity index (χ4n) is 2.20. The van der Waals surface area contributed by atoms with Gasteiger partial charge in [-0.3, -0.25) is 0 Å². The Balaban J connectivity index is 0.000000342. The van der Waals surface area contributed by atoms with E-state index in [-0.39, 0.29) is 24.6 Å². The molecule has 26 heavy (non-hydrogen) atoms. The van der Waals surface area contributed by atoms with Gasteiger partial charge in [-0.2, -0.15) is 0 Å². The molecule has 142 valence electrons. The Hall–Kier alpha value is -0.540. The second kappa shape index (κ2) is 10.1. The normalized spacial score (nSPS) is 14.1. The van der Waals surface area contributed by atoms with E-state index in [0.717, 1.165) is 18.0 Å². The third kappa shape index (κ3) is 5.99. The van der Waals surface area contributed by atoms with Gasteiger partial charge in [-0.05, 0) is 95.0 Å². The molecule has 9 heteroatoms. The first kappa shape index (κ1) is 21.8. The number of anilines is 1. The first-order chi connectivity index (χ1) is 12.3. The molecule has 1 aliphatic rings. The van der Waals surface area contributed by atoms with Crippen LogP contribution < -0.4 is 4.72 Å². The Morgan fingerprint density at radius 2 is 1.85 bits per heavy atom. The molecule has 0 saturated carbocycles. The number of hydrogen-bond acceptors (Lipinski definition) is 4. The molecule has 0 aliphatic carbocycles. The molecule has 1 fully saturated rings. The van der Waals surface area contributed by atoms with Gasteiger partial charge in [-0.1, -0.05) is 11.6 Å². The van der Waals surface area contributed by atoms with E-state index in [2.05, 4.69) is 48.5 Å². The number of phenols is 1. The summed E-state index contributed by atoms with van der Waals surface area (Å²) in [6, 6.07) is 5.52. The highest BCUT2D eigenvalue weighted by Gasteiger charge is 2.16. The van der Waals surface area contributed by atoms with Crippen LogP contribution >= 0.6 is 55.4 Å². The summed E-state index contributed by atoms with van der Waals surface area (Å²) in [6.45, 7) is 2.64. The Morgan fingerprint density at radius 1 is 1.19 bits per heavy atom. The van der Waals surface area contributed by atoms with Crippen molar-refractivity contribution < 1.29 is 13.9 Å². The Morgan fingerprint density at radius 3 is 2.38 bits per heavy atom. The van der Waals surface area contributed by atoms with E-state index >= 15 is 0 Å². The molecule has 2 aromatic rings. The second-order valence-electron chi connectivity index (χ2n) is 5.68. The summed E-state index contributed by atoms with van der Waals surface area (Å²) in [5.41, 5.74) is 0.503. The van der Waals surface area contributed by atoms with Gasteiger partial charge in [0.25, 0.3) is 0 Å². The lowest BCUT2D eigenvalue weighted by atomic mass is 10.3. The highest BCUT2D eigenvalue weighted by atomic mass is 79.9. The Kier molecular flexibility index (Phi) is 8.47. The van der Waals surface area contributed by atoms with Crippen LogP contribution in [0.3, 0.4) is 0 Å². The number of nitrogens with one attached hydrogen (secondary N) is 1. The van der Waals surface area contributed by atoms with E-state index in [9.17, 15) is 13.9 Å². The monoisotopic (exact) mass is 528 g/mol. The molecule has 1 heterocycles. The number of hydrogen-bond donors (Lipinski definition) is 2. The molecule has 0 aromatic heterocycles. The average Bonchev–Trinajstić information content (AvgIpc) is 3.08. The highest BCUT2D eigenvalue weighted by Crippen LogP contribution is 2.37. The van der Waals surface area contributed by atoms with Crippen LogP contribution in [-0.2, 0) is 0 Å². The third-order valence-electron chi connectivity index (χ3n) is 3.62. The van der Waals surface area contributed by atoms with E-state index in [1.165, 1.54) is 38.1 Å². The summed E-state index contributed by atoms with van der Waals surface area (Å²) in [5.74, 6) is -1.27. The zero-order valence-electron chi connectivity index (χ0n) is 13.8. The van der Waals surface area contributed by atoms with Crippen LogP contribution in [0.15, 0.2) is 38.1 Å². The van der Waals surface area contributed by atoms with Crippen molar-refractivity contribution in [3.05, 3.63) is 49.9 Å². The topological polar surface area (TPSA) is 35.5 Å². The van der Waals surface area contributed by atoms with Crippen molar-refractivity contribution in [3.8, 4) is 5.75 Å². The number of rotatable bonds is 3. The Labute approximate surface area is 177 Å². The summed E-state index contributed by atoms with van der Waals surface area (Å²) < 4.78 is 30.3. The van der Waals surface area contributed by atoms with Crippen molar-refractivity contribution in [2.45, 2.75) is 17.7 Å². The summed E-state index contributed by atoms with van der Waals surface area (Å²) >= 11 is 12.5. The van der Waals surface area contributed by atoms with Gasteiger partial charge in [0.2, 0.25) is 0 Å². The van der Waals surface area contributed by atoms with Crippen LogP contribution in [0.5, 0.6) is 5.75 Å². The van der Waals surface area contributed by atoms with Crippen molar-refractivity contribution in [2.24, 2.45) is 0 Å². The molecule has 2 aromatic carbocycles. The zero-order chi connectivity index (χ0) is 19.3. The number of halogens is 5. The molecule has 3 nitrogen and oxygen atoms in total. The molecule has 0 spiro atoms. The molecule has 0 radical (unpaired) electrons. The number of phenolic OH excluding ortho intramolecular Hbond substituents is 1. The minimum Gasteiger partial charge on any atom is -0.506 e. The molecular weight excluding hydrogens is 514 g/mol. The third-order valence-corrected chi connectivity index (χ3v) is 6.48. The zero-order valence-corrected chi connectivity index (χ0v) is 18.6. The van der Waals surface area contributed by atoms with Gasteiger partial charge in [-0.25, -0.2) is 8.78 Å². The fraction of sp³-hybridized carbons (Fsp3) is 0.294. The van der Waals surface area contributed by atoms with Gasteiger partial charge in [0.05, 0.1) is 18.9 Å². The van der Waals surface area contributed by atoms with Crippen molar-refractivity contribution in [2.75, 3.05) is 24.9 Å². The quantitative estimate of drug-likeness (QED) is 0.343. The fourth-order valence-corrected chi connectivity index (χ4v) is 4.12. The van der Waals surface area contributed by atoms with Gasteiger partial charge in [0.15, 0.2) is 5.82 Å². The van der Waals surface area contributed by atoms with Gasteiger partial charge in [-0.15, -0.1) is 0 Å². The van der Waals surface area contributed by atoms with Crippen molar-refractivity contribution in [1.29, 1.82) is 0 Å². The SMILES string of the molecule is CN1CCCC1.Oc1cc(NSc2c(F)c(Br)cc(F)c2Br)ccc1Cl. The predicted molar refractivity (Wildman–Crippen MR) is 111 cm³/mol. The molecule has 2 N–H and O–H groups in total. The number of aromatic hydroxyl groups is 1. The van der Waals surface area contributed by atoms with Gasteiger partial charge in [0, 0.05) is 11.8 Å². The highest BCUT2D eigenvalue weighted by molar-refractivity contribution is 9.11. The molecule has 1 saturated heterocycles. The van der Waals surface area contributed by atoms with E-state index in [4.69, 9.17) is 11.6 Å². The van der Waals surface area contributed by atoms with Gasteiger partial charge in [0.1, 0.15) is 11.6 Å². The van der Waals surface area contributed by atoms with Crippen molar-refractivity contribution >= 4 is 61.1 Å². The molecule has 3 rings (SSSR count). The van der Waals surface area contributed by atoms with Crippen molar-refractivity contribution in [1.82, 2.24) is 4.90 Å². The van der Waals surface area contributed by atoms with Crippen LogP contribution in [0.4, 0.5) is 14.5 Å². The van der Waals surface area contributed by atoms with E-state index in [1.54, 1.807) is 6.07 Å². The van der Waals surface area contributed by atoms with Crippen LogP contribution in [0.1, 0.15) is 12.8 Å². The molecule has 0 unspecified atom stereocenters. The summed E-state index contributed by atoms with van der Waals surface area (Å²) in [7, 11) is 2.17. The van der Waals surface area contributed by atoms with Gasteiger partial charge >= 0.3 is 0 Å². The van der Waals surface area contributed by atoms with E-state index in [0.29, 0.717) is 5.69 Å². The lowest BCUT2D eigenvalue weighted by Gasteiger charge is -2.10. The minimum absolute atomic E-state index is 0.0221. The maximum absolute atomic E-state index is 13.9. The van der Waals surface area contributed by atoms with Gasteiger partial charge < -0.3 is 14.7 Å². The Bertz CT molecular complexity index is 751. The van der Waals surface area contributed by atoms with Crippen LogP contribution in [-0.4, -0.2) is 30.1 Å². The molecule has 0 bridgehead atoms. The van der Waals surface area contributed by atoms with Crippen LogP contribution in [0, 0.1) is 11.6 Å². The maximum atomic E-state index is 13.9. The number of likely N-dealkylation sites (tertiary alicyclic amines) is 1. The van der Waals surface area contributed by atoms with Crippen LogP contribution in [0.2, 0.25) is 5.02 Å². The first-order valence-electron chi connectivity index (χ1n) is 7.72. The van der Waals surface area contributed by atoms with Crippen molar-refractivity contribution in [3.63, 3.8) is 0 Å². The number of benzene rings is 2. The minimum atomic E-state index is -0.589. The molecule has 0 amide bonds. The second-order valence-corrected chi connectivity index (χ2v) is 8.55. The van der Waals surface area contributed by atoms with Crippen LogP contribution in [0.25, 0.3) is 0 Å². The predicted octanol–water partition coefficient (Wildman–Crippen LogP) is 6.68. The summed E-state index contributed by atoms with van der Waals surface area (Å²) in [4.78, 5) is 2.42. The number of nitrogens with zero attached hydrogens (tertiary/aromatic N) is 1. The largest absolute Gasteiger partial charge is 0.506 e. The first-order valence-corrected chi connectivity index (χ1v) is 10.5. The average molecular weight is 531 g/mol. The molecule has 0 atom stereocenters. The maximum Gasteiger partial charge on any atom is 0.154 e. The standard InChI is InChI=1S/C12H6Br2ClF2NOS.C5H11N/c13-6-4-8(16)10(14)12(11(6)17)20-18-5-1-2-7(15)9(19)3-5;1-6-4-2-3-5-6/h1-4,18-19H;2-5H2,1H3. The lowest BCUT2D eigenvalue weighted by molar-refractivity contribution is 0.418. The molecule has 1 aliphatic heterocycles. The molecular formula is C17H17Br2ClF2N2OS. The van der Waals surface area contributed by atoms with E-state index in [1.807, 2.05) is 0 Å². The smallest absolute Gasteiger partial charge is 0.154 e.